The van der Waals surface area contributed by atoms with E-state index in [0.29, 0.717) is 46.9 Å². The molecule has 0 fully saturated rings. The predicted molar refractivity (Wildman–Crippen MR) is 268 cm³/mol. The number of nitrogens with two attached hydrogens (primary N) is 1. The van der Waals surface area contributed by atoms with Gasteiger partial charge in [0, 0.05) is 61.6 Å². The van der Waals surface area contributed by atoms with E-state index in [1.807, 2.05) is 92.2 Å². The van der Waals surface area contributed by atoms with Gasteiger partial charge in [0.15, 0.2) is 11.6 Å². The van der Waals surface area contributed by atoms with Gasteiger partial charge in [-0.25, -0.2) is 0 Å². The fourth-order valence-corrected chi connectivity index (χ4v) is 8.52. The number of aldehydes is 1. The number of carbonyl (C=O) groups is 5. The van der Waals surface area contributed by atoms with Crippen molar-refractivity contribution in [1.82, 2.24) is 10.6 Å². The van der Waals surface area contributed by atoms with Gasteiger partial charge in [0.2, 0.25) is 6.29 Å². The second kappa shape index (κ2) is 22.6. The fraction of sp³-hybridized carbons (Fsp3) is 0.298. The lowest BCUT2D eigenvalue weighted by molar-refractivity contribution is -0.156. The largest absolute Gasteiger partial charge is 0.446 e. The molecular formula is C47H50F3N3O5S6. The van der Waals surface area contributed by atoms with Crippen molar-refractivity contribution >= 4 is 119 Å². The zero-order chi connectivity index (χ0) is 47.6. The smallest absolute Gasteiger partial charge is 0.399 e. The predicted octanol–water partition coefficient (Wildman–Crippen LogP) is 9.73. The van der Waals surface area contributed by atoms with Gasteiger partial charge in [-0.15, -0.1) is 41.6 Å². The van der Waals surface area contributed by atoms with Crippen LogP contribution in [-0.2, 0) is 58.9 Å². The number of rotatable bonds is 14. The van der Waals surface area contributed by atoms with Crippen molar-refractivity contribution in [2.45, 2.75) is 63.1 Å². The standard InChI is InChI=1S/C23H25NO2S3.C22H24N2O2S3.C2HF3O/c1-15-6-5-7-17(10-15)19(25)12-16-8-9-20-18(11-16)13-21(28-20)22(26)24-14-23(2,3)29(4)27;1-22(2,29(3)27)13-24-21(26)20-12-16-9-14(7-8-19(16)28-20)10-18(25)15-5-4-6-17(23)11-15;3-2(4,5)1-6/h5-11,13H,12,14H2,1-4H3,(H,24,26);4-9,11-12H,10,13,23H2,1-3H3,(H,24,26);1H. The zero-order valence-electron chi connectivity index (χ0n) is 36.3. The van der Waals surface area contributed by atoms with Gasteiger partial charge in [0.1, 0.15) is 0 Å². The average Bonchev–Trinajstić information content (AvgIpc) is 3.86. The number of anilines is 1. The maximum absolute atomic E-state index is 12.6. The van der Waals surface area contributed by atoms with E-state index < -0.39 is 12.5 Å². The number of benzene rings is 4. The van der Waals surface area contributed by atoms with Crippen LogP contribution in [0, 0.1) is 6.92 Å². The Morgan fingerprint density at radius 1 is 0.656 bits per heavy atom. The number of Topliss-reactive ketones (excluding diaryl/α,β-unsaturated/α-hetero) is 2. The van der Waals surface area contributed by atoms with E-state index in [9.17, 15) is 32.3 Å². The molecule has 0 aliphatic carbocycles. The first-order valence-electron chi connectivity index (χ1n) is 19.7. The van der Waals surface area contributed by atoms with E-state index in [1.54, 1.807) is 24.3 Å². The third kappa shape index (κ3) is 15.6. The molecule has 0 aliphatic rings. The number of amides is 2. The molecule has 4 N–H and O–H groups in total. The summed E-state index contributed by atoms with van der Waals surface area (Å²) in [7, 11) is -0.407. The molecule has 2 amide bonds. The van der Waals surface area contributed by atoms with Crippen molar-refractivity contribution in [1.29, 1.82) is 0 Å². The molecule has 4 aromatic carbocycles. The summed E-state index contributed by atoms with van der Waals surface area (Å²) in [6.07, 6.45) is -1.04. The van der Waals surface area contributed by atoms with Gasteiger partial charge in [-0.05, 0) is 124 Å². The van der Waals surface area contributed by atoms with Crippen LogP contribution in [0.1, 0.15) is 84.4 Å². The fourth-order valence-electron chi connectivity index (χ4n) is 5.70. The highest BCUT2D eigenvalue weighted by molar-refractivity contribution is 8.29. The molecule has 0 spiro atoms. The minimum atomic E-state index is -4.64. The second-order valence-electron chi connectivity index (χ2n) is 16.1. The SMILES string of the molecule is CS(=S)C(C)(C)CNC(=O)c1cc2cc(CC(=O)c3cccc(N)c3)ccc2s1.Cc1cccc(C(=O)Cc2ccc3sc(C(=O)NCC(C)(C)S(C)=S)cc3c2)c1.O=CC(F)(F)F. The van der Waals surface area contributed by atoms with Gasteiger partial charge >= 0.3 is 6.18 Å². The maximum atomic E-state index is 12.6. The van der Waals surface area contributed by atoms with Crippen LogP contribution in [0.3, 0.4) is 0 Å². The highest BCUT2D eigenvalue weighted by Gasteiger charge is 2.25. The van der Waals surface area contributed by atoms with Crippen molar-refractivity contribution in [2.24, 2.45) is 0 Å². The van der Waals surface area contributed by atoms with Crippen molar-refractivity contribution in [3.05, 3.63) is 135 Å². The Kier molecular flexibility index (Phi) is 18.4. The second-order valence-corrected chi connectivity index (χ2v) is 25.3. The Balaban J connectivity index is 0.000000249. The maximum Gasteiger partial charge on any atom is 0.446 e. The summed E-state index contributed by atoms with van der Waals surface area (Å²) in [6.45, 7) is 11.4. The molecule has 0 saturated carbocycles. The van der Waals surface area contributed by atoms with Crippen LogP contribution in [0.2, 0.25) is 0 Å². The number of nitrogen functional groups attached to an aromatic ring is 1. The highest BCUT2D eigenvalue weighted by Crippen LogP contribution is 2.29. The molecule has 0 aliphatic heterocycles. The third-order valence-electron chi connectivity index (χ3n) is 9.93. The first kappa shape index (κ1) is 52.1. The number of aryl methyl sites for hydroxylation is 1. The first-order chi connectivity index (χ1) is 29.9. The lowest BCUT2D eigenvalue weighted by atomic mass is 10.0. The molecule has 2 atom stereocenters. The summed E-state index contributed by atoms with van der Waals surface area (Å²) in [5.74, 6) is -0.0393. The Bertz CT molecular complexity index is 2550. The van der Waals surface area contributed by atoms with Crippen LogP contribution in [0.4, 0.5) is 18.9 Å². The van der Waals surface area contributed by atoms with Crippen molar-refractivity contribution < 1.29 is 37.1 Å². The molecule has 17 heteroatoms. The van der Waals surface area contributed by atoms with E-state index in [1.165, 1.54) is 22.7 Å². The topological polar surface area (TPSA) is 135 Å². The van der Waals surface area contributed by atoms with Gasteiger partial charge in [0.25, 0.3) is 11.8 Å². The molecule has 2 heterocycles. The zero-order valence-corrected chi connectivity index (χ0v) is 41.2. The quantitative estimate of drug-likeness (QED) is 0.0558. The number of hydrogen-bond donors (Lipinski definition) is 3. The summed E-state index contributed by atoms with van der Waals surface area (Å²) in [5.41, 5.74) is 10.6. The highest BCUT2D eigenvalue weighted by atomic mass is 32.8. The molecule has 8 nitrogen and oxygen atoms in total. The number of ketones is 2. The molecule has 0 saturated heterocycles. The summed E-state index contributed by atoms with van der Waals surface area (Å²) < 4.78 is 33.1. The van der Waals surface area contributed by atoms with Crippen molar-refractivity contribution in [2.75, 3.05) is 31.3 Å². The van der Waals surface area contributed by atoms with Gasteiger partial charge in [-0.2, -0.15) is 13.2 Å². The van der Waals surface area contributed by atoms with Crippen LogP contribution in [0.25, 0.3) is 20.2 Å². The van der Waals surface area contributed by atoms with E-state index in [4.69, 9.17) is 32.9 Å². The van der Waals surface area contributed by atoms with Crippen LogP contribution < -0.4 is 16.4 Å². The number of fused-ring (bicyclic) bond motifs is 2. The van der Waals surface area contributed by atoms with Gasteiger partial charge < -0.3 is 16.4 Å². The molecular weight excluding hydrogens is 936 g/mol. The average molecular weight is 986 g/mol. The third-order valence-corrected chi connectivity index (χ3v) is 18.3. The number of thiophene rings is 2. The van der Waals surface area contributed by atoms with Crippen molar-refractivity contribution in [3.63, 3.8) is 0 Å². The number of hydrogen-bond acceptors (Lipinski definition) is 10. The number of halogens is 3. The lowest BCUT2D eigenvalue weighted by Gasteiger charge is -2.24. The Morgan fingerprint density at radius 2 is 1.06 bits per heavy atom. The van der Waals surface area contributed by atoms with Gasteiger partial charge in [-0.1, -0.05) is 70.4 Å². The molecule has 6 rings (SSSR count). The van der Waals surface area contributed by atoms with E-state index in [-0.39, 0.29) is 51.8 Å². The normalized spacial score (nSPS) is 12.5. The van der Waals surface area contributed by atoms with Crippen LogP contribution in [-0.4, -0.2) is 70.9 Å². The Hall–Kier alpha value is -4.52. The van der Waals surface area contributed by atoms with Crippen LogP contribution in [0.5, 0.6) is 0 Å². The van der Waals surface area contributed by atoms with E-state index in [2.05, 4.69) is 38.3 Å². The van der Waals surface area contributed by atoms with Gasteiger partial charge in [0.05, 0.1) is 9.75 Å². The molecule has 64 heavy (non-hydrogen) atoms. The molecule has 2 aromatic heterocycles. The molecule has 0 bridgehead atoms. The summed E-state index contributed by atoms with van der Waals surface area (Å²) in [6, 6.07) is 30.3. The van der Waals surface area contributed by atoms with Crippen LogP contribution in [0.15, 0.2) is 97.1 Å². The molecule has 2 unspecified atom stereocenters. The van der Waals surface area contributed by atoms with E-state index >= 15 is 0 Å². The van der Waals surface area contributed by atoms with Crippen molar-refractivity contribution in [3.8, 4) is 0 Å². The number of alkyl halides is 3. The molecule has 6 aromatic rings. The summed E-state index contributed by atoms with van der Waals surface area (Å²) in [4.78, 5) is 60.3. The first-order valence-corrected chi connectivity index (χ1v) is 26.4. The molecule has 0 radical (unpaired) electrons. The van der Waals surface area contributed by atoms with E-state index in [0.717, 1.165) is 42.4 Å². The Labute approximate surface area is 393 Å². The molecule has 340 valence electrons. The summed E-state index contributed by atoms with van der Waals surface area (Å²) in [5, 5.41) is 7.98. The number of carbonyl (C=O) groups excluding carboxylic acids is 5. The summed E-state index contributed by atoms with van der Waals surface area (Å²) >= 11 is 13.7. The Morgan fingerprint density at radius 3 is 1.44 bits per heavy atom. The minimum Gasteiger partial charge on any atom is -0.399 e. The monoisotopic (exact) mass is 985 g/mol. The van der Waals surface area contributed by atoms with Gasteiger partial charge in [-0.3, -0.25) is 24.0 Å². The number of nitrogens with one attached hydrogen (secondary N) is 2. The lowest BCUT2D eigenvalue weighted by Crippen LogP contribution is -2.40. The minimum absolute atomic E-state index is 0.0194. The van der Waals surface area contributed by atoms with Crippen LogP contribution >= 0.6 is 22.7 Å².